The number of carbonyl (C=O) groups is 6. The molecule has 2 aromatic rings. The van der Waals surface area contributed by atoms with Gasteiger partial charge < -0.3 is 31.9 Å². The van der Waals surface area contributed by atoms with Gasteiger partial charge in [0, 0.05) is 50.7 Å². The van der Waals surface area contributed by atoms with E-state index in [-0.39, 0.29) is 50.3 Å². The van der Waals surface area contributed by atoms with Crippen molar-refractivity contribution in [3.05, 3.63) is 87.7 Å². The Balaban J connectivity index is 1.71. The van der Waals surface area contributed by atoms with Crippen molar-refractivity contribution in [1.29, 1.82) is 0 Å². The predicted molar refractivity (Wildman–Crippen MR) is 191 cm³/mol. The molecular formula is C37H46FN7O8. The Morgan fingerprint density at radius 1 is 0.811 bits per heavy atom. The zero-order valence-electron chi connectivity index (χ0n) is 29.6. The second-order valence-electron chi connectivity index (χ2n) is 13.5. The molecule has 1 saturated carbocycles. The largest absolute Gasteiger partial charge is 0.368 e. The van der Waals surface area contributed by atoms with E-state index in [0.717, 1.165) is 44.3 Å². The summed E-state index contributed by atoms with van der Waals surface area (Å²) in [5.74, 6) is -4.65. The summed E-state index contributed by atoms with van der Waals surface area (Å²) in [5.41, 5.74) is 6.33. The van der Waals surface area contributed by atoms with Gasteiger partial charge in [-0.25, -0.2) is 4.39 Å². The molecule has 0 spiro atoms. The highest BCUT2D eigenvalue weighted by atomic mass is 19.1. The van der Waals surface area contributed by atoms with Crippen LogP contribution in [0.1, 0.15) is 62.5 Å². The molecule has 2 aliphatic rings. The topological polar surface area (TPSA) is 223 Å². The number of nitro benzene ring substituents is 1. The molecular weight excluding hydrogens is 689 g/mol. The monoisotopic (exact) mass is 735 g/mol. The third kappa shape index (κ3) is 12.2. The van der Waals surface area contributed by atoms with Crippen LogP contribution in [0.25, 0.3) is 0 Å². The number of nitrogens with zero attached hydrogens (tertiary/aromatic N) is 2. The lowest BCUT2D eigenvalue weighted by Crippen LogP contribution is -2.58. The molecule has 53 heavy (non-hydrogen) atoms. The summed E-state index contributed by atoms with van der Waals surface area (Å²) in [6.07, 6.45) is 6.97. The Labute approximate surface area is 306 Å². The Morgan fingerprint density at radius 3 is 2.00 bits per heavy atom. The second kappa shape index (κ2) is 19.2. The summed E-state index contributed by atoms with van der Waals surface area (Å²) >= 11 is 0. The number of benzene rings is 2. The molecule has 284 valence electrons. The van der Waals surface area contributed by atoms with Gasteiger partial charge in [-0.15, -0.1) is 0 Å². The van der Waals surface area contributed by atoms with Gasteiger partial charge in [-0.3, -0.25) is 38.9 Å². The van der Waals surface area contributed by atoms with Crippen molar-refractivity contribution in [2.75, 3.05) is 13.6 Å². The minimum atomic E-state index is -1.28. The van der Waals surface area contributed by atoms with Crippen molar-refractivity contribution in [2.45, 2.75) is 88.4 Å². The summed E-state index contributed by atoms with van der Waals surface area (Å²) in [7, 11) is 1.42. The van der Waals surface area contributed by atoms with E-state index in [2.05, 4.69) is 21.3 Å². The minimum absolute atomic E-state index is 0.0167. The number of hydrogen-bond acceptors (Lipinski definition) is 8. The van der Waals surface area contributed by atoms with E-state index in [1.165, 1.54) is 60.5 Å². The summed E-state index contributed by atoms with van der Waals surface area (Å²) in [4.78, 5) is 91.9. The van der Waals surface area contributed by atoms with Crippen LogP contribution < -0.4 is 27.0 Å². The first kappa shape index (κ1) is 40.1. The molecule has 1 heterocycles. The van der Waals surface area contributed by atoms with Crippen LogP contribution in [-0.2, 0) is 41.6 Å². The maximum Gasteiger partial charge on any atom is 0.269 e. The molecule has 0 unspecified atom stereocenters. The number of hydrogen-bond donors (Lipinski definition) is 5. The number of non-ortho nitro benzene ring substituents is 1. The van der Waals surface area contributed by atoms with Gasteiger partial charge in [-0.1, -0.05) is 56.4 Å². The van der Waals surface area contributed by atoms with Crippen LogP contribution >= 0.6 is 0 Å². The summed E-state index contributed by atoms with van der Waals surface area (Å²) in [5, 5.41) is 21.9. The summed E-state index contributed by atoms with van der Waals surface area (Å²) in [6, 6.07) is 6.15. The average Bonchev–Trinajstić information content (AvgIpc) is 3.14. The summed E-state index contributed by atoms with van der Waals surface area (Å²) in [6.45, 7) is 0.0167. The third-order valence-corrected chi connectivity index (χ3v) is 9.61. The van der Waals surface area contributed by atoms with Gasteiger partial charge in [-0.2, -0.15) is 0 Å². The van der Waals surface area contributed by atoms with Gasteiger partial charge in [-0.05, 0) is 48.4 Å². The van der Waals surface area contributed by atoms with E-state index in [9.17, 15) is 43.3 Å². The number of nitro groups is 1. The molecule has 4 atom stereocenters. The molecule has 16 heteroatoms. The number of carbonyl (C=O) groups excluding carboxylic acids is 6. The van der Waals surface area contributed by atoms with E-state index in [0.29, 0.717) is 11.1 Å². The van der Waals surface area contributed by atoms with Crippen molar-refractivity contribution in [3.8, 4) is 0 Å². The highest BCUT2D eigenvalue weighted by Gasteiger charge is 2.34. The first-order chi connectivity index (χ1) is 25.3. The number of amides is 6. The molecule has 15 nitrogen and oxygen atoms in total. The van der Waals surface area contributed by atoms with E-state index in [1.807, 2.05) is 0 Å². The number of nitrogens with one attached hydrogen (secondary N) is 4. The molecule has 0 aromatic heterocycles. The van der Waals surface area contributed by atoms with Crippen LogP contribution in [-0.4, -0.2) is 83.0 Å². The molecule has 0 bridgehead atoms. The standard InChI is InChI=1S/C37H46FN7O8/c1-44-31(22-23-6-3-2-4-7-23)37(51)43-30(21-24-9-13-26(38)14-10-24)36(50)42-29(20-25-11-15-27(16-12-25)45(52)53)35(49)40-19-5-8-28(34(39)48)41-32(46)17-18-33(44)47/h9-18,23,28-31H,2-8,19-22H2,1H3,(H2,39,48)(H,40,49)(H,41,46)(H,42,50)(H,43,51)/b18-17+/t28-,29-,30-,31-/m0/s1. The number of primary amides is 1. The molecule has 0 saturated heterocycles. The van der Waals surface area contributed by atoms with Gasteiger partial charge in [0.1, 0.15) is 30.0 Å². The molecule has 4 rings (SSSR count). The van der Waals surface area contributed by atoms with Crippen molar-refractivity contribution < 1.29 is 38.1 Å². The van der Waals surface area contributed by atoms with Gasteiger partial charge in [0.2, 0.25) is 35.4 Å². The number of nitrogens with two attached hydrogens (primary N) is 1. The molecule has 0 radical (unpaired) electrons. The fraction of sp³-hybridized carbons (Fsp3) is 0.459. The van der Waals surface area contributed by atoms with Gasteiger partial charge in [0.15, 0.2) is 0 Å². The lowest BCUT2D eigenvalue weighted by Gasteiger charge is -2.32. The predicted octanol–water partition coefficient (Wildman–Crippen LogP) is 1.72. The first-order valence-electron chi connectivity index (χ1n) is 17.7. The SMILES string of the molecule is CN1C(=O)/C=C/C(=O)N[C@H](C(N)=O)CCCNC(=O)[C@H](Cc2ccc([N+](=O)[O-])cc2)NC(=O)[C@H](Cc2ccc(F)cc2)NC(=O)[C@@H]1CC1CCCCC1. The van der Waals surface area contributed by atoms with Gasteiger partial charge in [0.05, 0.1) is 4.92 Å². The number of likely N-dealkylation sites (N-methyl/N-ethyl adjacent to an activating group) is 1. The zero-order chi connectivity index (χ0) is 38.5. The molecule has 1 aliphatic carbocycles. The Bertz CT molecular complexity index is 1680. The normalized spacial score (nSPS) is 23.7. The quantitative estimate of drug-likeness (QED) is 0.198. The Morgan fingerprint density at radius 2 is 1.40 bits per heavy atom. The highest BCUT2D eigenvalue weighted by molar-refractivity contribution is 6.00. The van der Waals surface area contributed by atoms with Crippen molar-refractivity contribution in [3.63, 3.8) is 0 Å². The third-order valence-electron chi connectivity index (χ3n) is 9.61. The molecule has 2 aromatic carbocycles. The number of halogens is 1. The van der Waals surface area contributed by atoms with Crippen molar-refractivity contribution >= 4 is 41.1 Å². The molecule has 6 amide bonds. The maximum atomic E-state index is 14.2. The Hall–Kier alpha value is -5.67. The van der Waals surface area contributed by atoms with E-state index < -0.39 is 70.4 Å². The lowest BCUT2D eigenvalue weighted by atomic mass is 9.84. The van der Waals surface area contributed by atoms with E-state index in [1.54, 1.807) is 0 Å². The highest BCUT2D eigenvalue weighted by Crippen LogP contribution is 2.29. The van der Waals surface area contributed by atoms with Crippen LogP contribution in [0.3, 0.4) is 0 Å². The molecule has 6 N–H and O–H groups in total. The van der Waals surface area contributed by atoms with Crippen LogP contribution in [0.15, 0.2) is 60.7 Å². The fourth-order valence-corrected chi connectivity index (χ4v) is 6.55. The van der Waals surface area contributed by atoms with Gasteiger partial charge >= 0.3 is 0 Å². The Kier molecular flexibility index (Phi) is 14.6. The van der Waals surface area contributed by atoms with Crippen molar-refractivity contribution in [1.82, 2.24) is 26.2 Å². The smallest absolute Gasteiger partial charge is 0.269 e. The van der Waals surface area contributed by atoms with E-state index in [4.69, 9.17) is 5.73 Å². The first-order valence-corrected chi connectivity index (χ1v) is 17.7. The lowest BCUT2D eigenvalue weighted by molar-refractivity contribution is -0.384. The maximum absolute atomic E-state index is 14.2. The van der Waals surface area contributed by atoms with Crippen molar-refractivity contribution in [2.24, 2.45) is 11.7 Å². The molecule has 1 fully saturated rings. The number of rotatable bonds is 8. The second-order valence-corrected chi connectivity index (χ2v) is 13.5. The van der Waals surface area contributed by atoms with Crippen LogP contribution in [0, 0.1) is 21.8 Å². The van der Waals surface area contributed by atoms with Crippen LogP contribution in [0.5, 0.6) is 0 Å². The fourth-order valence-electron chi connectivity index (χ4n) is 6.55. The molecule has 1 aliphatic heterocycles. The van der Waals surface area contributed by atoms with Gasteiger partial charge in [0.25, 0.3) is 5.69 Å². The summed E-state index contributed by atoms with van der Waals surface area (Å²) < 4.78 is 13.8. The zero-order valence-corrected chi connectivity index (χ0v) is 29.6. The average molecular weight is 736 g/mol. The van der Waals surface area contributed by atoms with Crippen LogP contribution in [0.4, 0.5) is 10.1 Å². The van der Waals surface area contributed by atoms with Crippen LogP contribution in [0.2, 0.25) is 0 Å². The van der Waals surface area contributed by atoms with E-state index >= 15 is 0 Å². The minimum Gasteiger partial charge on any atom is -0.368 e.